The second-order valence-electron chi connectivity index (χ2n) is 4.06. The van der Waals surface area contributed by atoms with Crippen molar-refractivity contribution in [3.63, 3.8) is 0 Å². The fraction of sp³-hybridized carbons (Fsp3) is 0.875. The zero-order valence-corrected chi connectivity index (χ0v) is 8.39. The molecular formula is C8H14N2OS. The molecule has 2 fully saturated rings. The number of thioether (sulfide) groups is 1. The predicted molar refractivity (Wildman–Crippen MR) is 49.7 cm³/mol. The van der Waals surface area contributed by atoms with Crippen LogP contribution in [0.15, 0.2) is 0 Å². The van der Waals surface area contributed by atoms with Crippen molar-refractivity contribution in [2.24, 2.45) is 5.73 Å². The number of rotatable bonds is 0. The highest BCUT2D eigenvalue weighted by molar-refractivity contribution is 8.01. The Kier molecular flexibility index (Phi) is 1.52. The van der Waals surface area contributed by atoms with E-state index >= 15 is 0 Å². The number of carbonyl (C=O) groups excluding carboxylic acids is 1. The molecule has 3 atom stereocenters. The number of β-lactam (4-membered cyclic amide) rings is 1. The number of nitrogens with zero attached hydrogens (tertiary/aromatic N) is 1. The molecule has 2 N–H and O–H groups in total. The number of carbonyl (C=O) groups is 1. The summed E-state index contributed by atoms with van der Waals surface area (Å²) >= 11 is 1.82. The molecule has 0 aliphatic carbocycles. The van der Waals surface area contributed by atoms with Gasteiger partial charge in [0.05, 0.1) is 0 Å². The van der Waals surface area contributed by atoms with E-state index in [2.05, 4.69) is 20.8 Å². The lowest BCUT2D eigenvalue weighted by Crippen LogP contribution is -2.66. The SMILES string of the molecule is C[C@@H]1N2C(=O)[C@@H](N)[C@H]2SC1(C)C. The normalized spacial score (nSPS) is 44.2. The monoisotopic (exact) mass is 186 g/mol. The van der Waals surface area contributed by atoms with Gasteiger partial charge in [0, 0.05) is 10.8 Å². The van der Waals surface area contributed by atoms with Gasteiger partial charge in [0.1, 0.15) is 11.4 Å². The Morgan fingerprint density at radius 2 is 2.17 bits per heavy atom. The Balaban J connectivity index is 2.24. The van der Waals surface area contributed by atoms with E-state index < -0.39 is 0 Å². The molecule has 0 spiro atoms. The van der Waals surface area contributed by atoms with Crippen LogP contribution in [-0.2, 0) is 4.79 Å². The van der Waals surface area contributed by atoms with Gasteiger partial charge in [-0.3, -0.25) is 4.79 Å². The maximum atomic E-state index is 11.3. The topological polar surface area (TPSA) is 46.3 Å². The van der Waals surface area contributed by atoms with E-state index in [0.29, 0.717) is 6.04 Å². The van der Waals surface area contributed by atoms with E-state index in [1.807, 2.05) is 16.7 Å². The molecule has 0 bridgehead atoms. The third-order valence-corrected chi connectivity index (χ3v) is 4.68. The quantitative estimate of drug-likeness (QED) is 0.557. The van der Waals surface area contributed by atoms with Crippen LogP contribution in [0.2, 0.25) is 0 Å². The lowest BCUT2D eigenvalue weighted by molar-refractivity contribution is -0.146. The molecule has 12 heavy (non-hydrogen) atoms. The minimum absolute atomic E-state index is 0.116. The Labute approximate surface area is 76.7 Å². The van der Waals surface area contributed by atoms with E-state index in [4.69, 9.17) is 5.73 Å². The van der Waals surface area contributed by atoms with Crippen molar-refractivity contribution in [3.8, 4) is 0 Å². The van der Waals surface area contributed by atoms with Crippen LogP contribution in [0.5, 0.6) is 0 Å². The molecule has 2 heterocycles. The Morgan fingerprint density at radius 1 is 1.58 bits per heavy atom. The highest BCUT2D eigenvalue weighted by atomic mass is 32.2. The first-order chi connectivity index (χ1) is 5.45. The van der Waals surface area contributed by atoms with Gasteiger partial charge in [-0.1, -0.05) is 0 Å². The second-order valence-corrected chi connectivity index (χ2v) is 5.83. The average Bonchev–Trinajstić information content (AvgIpc) is 2.21. The van der Waals surface area contributed by atoms with E-state index in [1.54, 1.807) is 0 Å². The van der Waals surface area contributed by atoms with Gasteiger partial charge in [0.2, 0.25) is 5.91 Å². The Morgan fingerprint density at radius 3 is 2.67 bits per heavy atom. The Hall–Kier alpha value is -0.220. The summed E-state index contributed by atoms with van der Waals surface area (Å²) in [5.41, 5.74) is 5.68. The van der Waals surface area contributed by atoms with Gasteiger partial charge in [0.25, 0.3) is 0 Å². The summed E-state index contributed by atoms with van der Waals surface area (Å²) in [6.07, 6.45) is 0. The minimum Gasteiger partial charge on any atom is -0.323 e. The van der Waals surface area contributed by atoms with Gasteiger partial charge in [-0.05, 0) is 20.8 Å². The molecule has 2 saturated heterocycles. The maximum Gasteiger partial charge on any atom is 0.243 e. The maximum absolute atomic E-state index is 11.3. The standard InChI is InChI=1S/C8H14N2OS/c1-4-8(2,3)12-7-5(9)6(11)10(4)7/h4-5,7H,9H2,1-3H3/t4-,5+,7+/m0/s1. The first kappa shape index (κ1) is 8.38. The molecule has 3 nitrogen and oxygen atoms in total. The Bertz CT molecular complexity index is 241. The third kappa shape index (κ3) is 0.796. The van der Waals surface area contributed by atoms with Crippen LogP contribution in [0.25, 0.3) is 0 Å². The van der Waals surface area contributed by atoms with Gasteiger partial charge >= 0.3 is 0 Å². The lowest BCUT2D eigenvalue weighted by atomic mass is 9.98. The molecule has 1 amide bonds. The summed E-state index contributed by atoms with van der Waals surface area (Å²) in [5.74, 6) is 0.116. The number of hydrogen-bond donors (Lipinski definition) is 1. The van der Waals surface area contributed by atoms with Crippen LogP contribution in [0.4, 0.5) is 0 Å². The number of fused-ring (bicyclic) bond motifs is 1. The predicted octanol–water partition coefficient (Wildman–Crippen LogP) is 0.396. The van der Waals surface area contributed by atoms with Crippen LogP contribution < -0.4 is 5.73 Å². The summed E-state index contributed by atoms with van der Waals surface area (Å²) in [6, 6.07) is 0.0685. The van der Waals surface area contributed by atoms with Crippen LogP contribution in [0.1, 0.15) is 20.8 Å². The minimum atomic E-state index is -0.251. The first-order valence-electron chi connectivity index (χ1n) is 4.21. The number of nitrogens with two attached hydrogens (primary N) is 1. The molecule has 0 saturated carbocycles. The molecular weight excluding hydrogens is 172 g/mol. The molecule has 68 valence electrons. The fourth-order valence-electron chi connectivity index (χ4n) is 1.80. The molecule has 0 unspecified atom stereocenters. The second kappa shape index (κ2) is 2.17. The van der Waals surface area contributed by atoms with Gasteiger partial charge in [0.15, 0.2) is 0 Å². The van der Waals surface area contributed by atoms with E-state index in [-0.39, 0.29) is 22.1 Å². The van der Waals surface area contributed by atoms with Crippen molar-refractivity contribution < 1.29 is 4.79 Å². The molecule has 0 aromatic carbocycles. The van der Waals surface area contributed by atoms with Crippen LogP contribution in [-0.4, -0.2) is 33.0 Å². The van der Waals surface area contributed by atoms with Crippen molar-refractivity contribution in [2.75, 3.05) is 0 Å². The smallest absolute Gasteiger partial charge is 0.243 e. The molecule has 0 aromatic rings. The highest BCUT2D eigenvalue weighted by Gasteiger charge is 2.58. The summed E-state index contributed by atoms with van der Waals surface area (Å²) in [6.45, 7) is 6.43. The zero-order chi connectivity index (χ0) is 9.09. The fourth-order valence-corrected chi connectivity index (χ4v) is 3.39. The van der Waals surface area contributed by atoms with E-state index in [0.717, 1.165) is 0 Å². The van der Waals surface area contributed by atoms with Crippen molar-refractivity contribution in [3.05, 3.63) is 0 Å². The largest absolute Gasteiger partial charge is 0.323 e. The van der Waals surface area contributed by atoms with Crippen molar-refractivity contribution in [2.45, 2.75) is 43.0 Å². The van der Waals surface area contributed by atoms with Crippen molar-refractivity contribution in [1.82, 2.24) is 4.90 Å². The molecule has 2 aliphatic heterocycles. The lowest BCUT2D eigenvalue weighted by Gasteiger charge is -2.42. The molecule has 0 aromatic heterocycles. The zero-order valence-electron chi connectivity index (χ0n) is 7.57. The van der Waals surface area contributed by atoms with Crippen molar-refractivity contribution >= 4 is 17.7 Å². The summed E-state index contributed by atoms with van der Waals surface area (Å²) in [7, 11) is 0. The van der Waals surface area contributed by atoms with Crippen molar-refractivity contribution in [1.29, 1.82) is 0 Å². The molecule has 2 aliphatic rings. The third-order valence-electron chi connectivity index (χ3n) is 2.97. The molecule has 0 radical (unpaired) electrons. The molecule has 2 rings (SSSR count). The van der Waals surface area contributed by atoms with Gasteiger partial charge in [-0.15, -0.1) is 11.8 Å². The number of hydrogen-bond acceptors (Lipinski definition) is 3. The summed E-state index contributed by atoms with van der Waals surface area (Å²) in [4.78, 5) is 13.2. The van der Waals surface area contributed by atoms with Crippen LogP contribution in [0, 0.1) is 0 Å². The van der Waals surface area contributed by atoms with Gasteiger partial charge < -0.3 is 10.6 Å². The van der Waals surface area contributed by atoms with E-state index in [1.165, 1.54) is 0 Å². The first-order valence-corrected chi connectivity index (χ1v) is 5.08. The number of amides is 1. The summed E-state index contributed by atoms with van der Waals surface area (Å²) in [5, 5.41) is 0.238. The van der Waals surface area contributed by atoms with E-state index in [9.17, 15) is 4.79 Å². The summed E-state index contributed by atoms with van der Waals surface area (Å²) < 4.78 is 0.161. The van der Waals surface area contributed by atoms with Crippen LogP contribution in [0.3, 0.4) is 0 Å². The van der Waals surface area contributed by atoms with Gasteiger partial charge in [-0.2, -0.15) is 0 Å². The average molecular weight is 186 g/mol. The molecule has 4 heteroatoms. The van der Waals surface area contributed by atoms with Gasteiger partial charge in [-0.25, -0.2) is 0 Å². The highest BCUT2D eigenvalue weighted by Crippen LogP contribution is 2.49. The van der Waals surface area contributed by atoms with Crippen LogP contribution >= 0.6 is 11.8 Å².